The molecule has 1 saturated carbocycles. The van der Waals surface area contributed by atoms with Gasteiger partial charge >= 0.3 is 6.61 Å². The van der Waals surface area contributed by atoms with Gasteiger partial charge in [-0.3, -0.25) is 0 Å². The SMILES string of the molecule is CCNC(=NCc1ccc(OC)c(OC(F)F)c1)NCC1(CCOCC)CCCC1. The minimum Gasteiger partial charge on any atom is -0.493 e. The fourth-order valence-corrected chi connectivity index (χ4v) is 3.86. The molecule has 1 aromatic carbocycles. The second-order valence-electron chi connectivity index (χ2n) is 7.57. The molecule has 0 spiro atoms. The van der Waals surface area contributed by atoms with Gasteiger partial charge in [0.05, 0.1) is 13.7 Å². The van der Waals surface area contributed by atoms with Crippen LogP contribution < -0.4 is 20.1 Å². The molecule has 0 saturated heterocycles. The van der Waals surface area contributed by atoms with E-state index in [9.17, 15) is 8.78 Å². The molecule has 2 rings (SSSR count). The molecule has 0 radical (unpaired) electrons. The number of hydrogen-bond donors (Lipinski definition) is 2. The zero-order chi connectivity index (χ0) is 21.8. The molecular formula is C22H35F2N3O3. The highest BCUT2D eigenvalue weighted by atomic mass is 19.3. The molecule has 6 nitrogen and oxygen atoms in total. The van der Waals surface area contributed by atoms with Gasteiger partial charge in [0, 0.05) is 26.3 Å². The highest BCUT2D eigenvalue weighted by Gasteiger charge is 2.33. The van der Waals surface area contributed by atoms with Crippen LogP contribution in [0.15, 0.2) is 23.2 Å². The van der Waals surface area contributed by atoms with Crippen LogP contribution >= 0.6 is 0 Å². The Hall–Kier alpha value is -2.09. The van der Waals surface area contributed by atoms with Crippen LogP contribution in [0.4, 0.5) is 8.78 Å². The third kappa shape index (κ3) is 7.63. The lowest BCUT2D eigenvalue weighted by Crippen LogP contribution is -2.43. The van der Waals surface area contributed by atoms with Crippen molar-refractivity contribution in [2.45, 2.75) is 59.1 Å². The van der Waals surface area contributed by atoms with Crippen molar-refractivity contribution >= 4 is 5.96 Å². The van der Waals surface area contributed by atoms with Crippen molar-refractivity contribution in [2.75, 3.05) is 33.4 Å². The summed E-state index contributed by atoms with van der Waals surface area (Å²) in [5, 5.41) is 6.74. The van der Waals surface area contributed by atoms with Crippen molar-refractivity contribution in [2.24, 2.45) is 10.4 Å². The number of benzene rings is 1. The molecule has 2 N–H and O–H groups in total. The fraction of sp³-hybridized carbons (Fsp3) is 0.682. The van der Waals surface area contributed by atoms with Gasteiger partial charge in [0.2, 0.25) is 0 Å². The number of nitrogens with zero attached hydrogens (tertiary/aromatic N) is 1. The number of nitrogens with one attached hydrogen (secondary N) is 2. The predicted molar refractivity (Wildman–Crippen MR) is 114 cm³/mol. The van der Waals surface area contributed by atoms with E-state index in [0.29, 0.717) is 12.5 Å². The van der Waals surface area contributed by atoms with Crippen LogP contribution in [0.2, 0.25) is 0 Å². The van der Waals surface area contributed by atoms with Gasteiger partial charge in [0.1, 0.15) is 0 Å². The van der Waals surface area contributed by atoms with Crippen molar-refractivity contribution < 1.29 is 23.0 Å². The smallest absolute Gasteiger partial charge is 0.387 e. The normalized spacial score (nSPS) is 16.0. The highest BCUT2D eigenvalue weighted by Crippen LogP contribution is 2.40. The Morgan fingerprint density at radius 1 is 1.17 bits per heavy atom. The van der Waals surface area contributed by atoms with E-state index in [2.05, 4.69) is 20.4 Å². The second kappa shape index (κ2) is 12.6. The minimum atomic E-state index is -2.91. The van der Waals surface area contributed by atoms with Gasteiger partial charge in [0.25, 0.3) is 0 Å². The van der Waals surface area contributed by atoms with Gasteiger partial charge in [-0.1, -0.05) is 18.9 Å². The maximum absolute atomic E-state index is 12.6. The molecule has 8 heteroatoms. The van der Waals surface area contributed by atoms with Crippen molar-refractivity contribution in [1.29, 1.82) is 0 Å². The van der Waals surface area contributed by atoms with E-state index < -0.39 is 6.61 Å². The molecule has 0 bridgehead atoms. The van der Waals surface area contributed by atoms with Crippen LogP contribution in [0.3, 0.4) is 0 Å². The monoisotopic (exact) mass is 427 g/mol. The molecular weight excluding hydrogens is 392 g/mol. The zero-order valence-corrected chi connectivity index (χ0v) is 18.3. The zero-order valence-electron chi connectivity index (χ0n) is 18.3. The van der Waals surface area contributed by atoms with Gasteiger partial charge in [-0.05, 0) is 56.2 Å². The molecule has 0 aromatic heterocycles. The maximum Gasteiger partial charge on any atom is 0.387 e. The largest absolute Gasteiger partial charge is 0.493 e. The Bertz CT molecular complexity index is 665. The molecule has 1 fully saturated rings. The van der Waals surface area contributed by atoms with E-state index in [1.54, 1.807) is 18.2 Å². The van der Waals surface area contributed by atoms with Crippen LogP contribution in [0.25, 0.3) is 0 Å². The Kier molecular flexibility index (Phi) is 10.1. The summed E-state index contributed by atoms with van der Waals surface area (Å²) in [5.41, 5.74) is 1.000. The first-order valence-corrected chi connectivity index (χ1v) is 10.7. The summed E-state index contributed by atoms with van der Waals surface area (Å²) < 4.78 is 40.5. The number of alkyl halides is 2. The lowest BCUT2D eigenvalue weighted by atomic mass is 9.83. The van der Waals surface area contributed by atoms with Gasteiger partial charge in [-0.15, -0.1) is 0 Å². The molecule has 0 heterocycles. The summed E-state index contributed by atoms with van der Waals surface area (Å²) >= 11 is 0. The first kappa shape index (κ1) is 24.2. The summed E-state index contributed by atoms with van der Waals surface area (Å²) in [7, 11) is 1.42. The van der Waals surface area contributed by atoms with E-state index in [1.165, 1.54) is 32.8 Å². The van der Waals surface area contributed by atoms with Crippen LogP contribution in [-0.2, 0) is 11.3 Å². The molecule has 1 aromatic rings. The number of aliphatic imine (C=N–C) groups is 1. The maximum atomic E-state index is 12.6. The van der Waals surface area contributed by atoms with Gasteiger partial charge < -0.3 is 24.8 Å². The van der Waals surface area contributed by atoms with Crippen molar-refractivity contribution in [3.63, 3.8) is 0 Å². The molecule has 1 aliphatic carbocycles. The van der Waals surface area contributed by atoms with E-state index in [-0.39, 0.29) is 16.9 Å². The molecule has 0 unspecified atom stereocenters. The van der Waals surface area contributed by atoms with Gasteiger partial charge in [-0.25, -0.2) is 4.99 Å². The summed E-state index contributed by atoms with van der Waals surface area (Å²) in [6.07, 6.45) is 5.93. The predicted octanol–water partition coefficient (Wildman–Crippen LogP) is 4.34. The molecule has 30 heavy (non-hydrogen) atoms. The Balaban J connectivity index is 2.03. The second-order valence-corrected chi connectivity index (χ2v) is 7.57. The van der Waals surface area contributed by atoms with Crippen molar-refractivity contribution in [3.05, 3.63) is 23.8 Å². The van der Waals surface area contributed by atoms with Gasteiger partial charge in [-0.2, -0.15) is 8.78 Å². The lowest BCUT2D eigenvalue weighted by molar-refractivity contribution is -0.0512. The van der Waals surface area contributed by atoms with Crippen LogP contribution in [0.1, 0.15) is 51.5 Å². The number of rotatable bonds is 12. The lowest BCUT2D eigenvalue weighted by Gasteiger charge is -2.30. The van der Waals surface area contributed by atoms with E-state index in [1.807, 2.05) is 13.8 Å². The summed E-state index contributed by atoms with van der Waals surface area (Å²) in [4.78, 5) is 4.63. The standard InChI is InChI=1S/C22H35F2N3O3/c1-4-25-21(27-16-22(10-6-7-11-22)12-13-29-5-2)26-15-17-8-9-18(28-3)19(14-17)30-20(23)24/h8-9,14,20H,4-7,10-13,15-16H2,1-3H3,(H2,25,26,27). The molecule has 170 valence electrons. The minimum absolute atomic E-state index is 0.0130. The number of hydrogen-bond acceptors (Lipinski definition) is 4. The van der Waals surface area contributed by atoms with Gasteiger partial charge in [0.15, 0.2) is 17.5 Å². The molecule has 0 atom stereocenters. The summed E-state index contributed by atoms with van der Waals surface area (Å²) in [6.45, 7) is 4.57. The molecule has 1 aliphatic rings. The van der Waals surface area contributed by atoms with E-state index in [4.69, 9.17) is 9.47 Å². The number of halogens is 2. The average molecular weight is 428 g/mol. The molecule has 0 aliphatic heterocycles. The average Bonchev–Trinajstić information content (AvgIpc) is 3.19. The fourth-order valence-electron chi connectivity index (χ4n) is 3.86. The van der Waals surface area contributed by atoms with Crippen LogP contribution in [0.5, 0.6) is 11.5 Å². The first-order chi connectivity index (χ1) is 14.5. The molecule has 0 amide bonds. The highest BCUT2D eigenvalue weighted by molar-refractivity contribution is 5.79. The third-order valence-corrected chi connectivity index (χ3v) is 5.48. The number of ether oxygens (including phenoxy) is 3. The summed E-state index contributed by atoms with van der Waals surface area (Å²) in [5.74, 6) is 0.997. The van der Waals surface area contributed by atoms with Crippen LogP contribution in [-0.4, -0.2) is 46.0 Å². The Morgan fingerprint density at radius 2 is 1.93 bits per heavy atom. The Morgan fingerprint density at radius 3 is 2.57 bits per heavy atom. The quantitative estimate of drug-likeness (QED) is 0.295. The van der Waals surface area contributed by atoms with E-state index >= 15 is 0 Å². The first-order valence-electron chi connectivity index (χ1n) is 10.7. The summed E-state index contributed by atoms with van der Waals surface area (Å²) in [6, 6.07) is 4.95. The third-order valence-electron chi connectivity index (χ3n) is 5.48. The number of guanidine groups is 1. The van der Waals surface area contributed by atoms with Crippen LogP contribution in [0, 0.1) is 5.41 Å². The van der Waals surface area contributed by atoms with E-state index in [0.717, 1.165) is 38.3 Å². The van der Waals surface area contributed by atoms with Crippen molar-refractivity contribution in [1.82, 2.24) is 10.6 Å². The topological polar surface area (TPSA) is 64.1 Å². The Labute approximate surface area is 178 Å². The van der Waals surface area contributed by atoms with Crippen molar-refractivity contribution in [3.8, 4) is 11.5 Å². The number of methoxy groups -OCH3 is 1.